The van der Waals surface area contributed by atoms with E-state index in [4.69, 9.17) is 8.37 Å². The van der Waals surface area contributed by atoms with Crippen LogP contribution in [0.3, 0.4) is 0 Å². The van der Waals surface area contributed by atoms with Gasteiger partial charge in [0, 0.05) is 5.41 Å². The lowest BCUT2D eigenvalue weighted by atomic mass is 9.42. The summed E-state index contributed by atoms with van der Waals surface area (Å²) in [4.78, 5) is 0. The number of aliphatic hydroxyl groups is 3. The van der Waals surface area contributed by atoms with E-state index in [-0.39, 0.29) is 48.5 Å². The molecular formula is C27H48O11S2. The average Bonchev–Trinajstić information content (AvgIpc) is 3.18. The first-order chi connectivity index (χ1) is 18.4. The second-order valence-electron chi connectivity index (χ2n) is 13.9. The van der Waals surface area contributed by atoms with E-state index >= 15 is 0 Å². The predicted molar refractivity (Wildman–Crippen MR) is 145 cm³/mol. The van der Waals surface area contributed by atoms with Gasteiger partial charge in [-0.05, 0) is 91.8 Å². The summed E-state index contributed by atoms with van der Waals surface area (Å²) in [5, 5.41) is 34.7. The van der Waals surface area contributed by atoms with E-state index in [1.807, 2.05) is 13.8 Å². The van der Waals surface area contributed by atoms with Gasteiger partial charge in [-0.2, -0.15) is 16.8 Å². The fraction of sp³-hybridized carbons (Fsp3) is 1.00. The van der Waals surface area contributed by atoms with E-state index in [1.54, 1.807) is 0 Å². The smallest absolute Gasteiger partial charge is 0.390 e. The lowest BCUT2D eigenvalue weighted by molar-refractivity contribution is -0.244. The van der Waals surface area contributed by atoms with Crippen molar-refractivity contribution in [1.29, 1.82) is 0 Å². The molecule has 0 aromatic rings. The van der Waals surface area contributed by atoms with Gasteiger partial charge in [0.1, 0.15) is 6.10 Å². The fourth-order valence-electron chi connectivity index (χ4n) is 9.81. The second-order valence-corrected chi connectivity index (χ2v) is 16.0. The van der Waals surface area contributed by atoms with Crippen LogP contribution >= 0.6 is 0 Å². The molecule has 5 N–H and O–H groups in total. The van der Waals surface area contributed by atoms with Gasteiger partial charge in [-0.15, -0.1) is 0 Å². The first kappa shape index (κ1) is 32.5. The summed E-state index contributed by atoms with van der Waals surface area (Å²) >= 11 is 0. The molecule has 0 aliphatic heterocycles. The van der Waals surface area contributed by atoms with E-state index in [9.17, 15) is 41.3 Å². The Balaban J connectivity index is 1.60. The Morgan fingerprint density at radius 3 is 2.10 bits per heavy atom. The molecule has 0 spiro atoms. The lowest BCUT2D eigenvalue weighted by Crippen LogP contribution is -2.67. The molecule has 4 rings (SSSR count). The van der Waals surface area contributed by atoms with Gasteiger partial charge in [-0.1, -0.05) is 40.5 Å². The van der Waals surface area contributed by atoms with Crippen molar-refractivity contribution >= 4 is 20.8 Å². The summed E-state index contributed by atoms with van der Waals surface area (Å²) < 4.78 is 73.8. The third-order valence-corrected chi connectivity index (χ3v) is 12.4. The molecule has 13 heteroatoms. The quantitative estimate of drug-likeness (QED) is 0.228. The number of hydrogen-bond acceptors (Lipinski definition) is 9. The molecule has 12 atom stereocenters. The maximum atomic E-state index is 11.8. The van der Waals surface area contributed by atoms with Crippen molar-refractivity contribution in [2.75, 3.05) is 6.61 Å². The molecule has 0 aromatic carbocycles. The Kier molecular flexibility index (Phi) is 9.44. The van der Waals surface area contributed by atoms with Crippen LogP contribution in [0.25, 0.3) is 0 Å². The van der Waals surface area contributed by atoms with Gasteiger partial charge in [0.15, 0.2) is 0 Å². The highest BCUT2D eigenvalue weighted by Gasteiger charge is 2.68. The van der Waals surface area contributed by atoms with Crippen LogP contribution in [0.1, 0.15) is 85.5 Å². The Labute approximate surface area is 238 Å². The van der Waals surface area contributed by atoms with Gasteiger partial charge in [-0.3, -0.25) is 9.11 Å². The predicted octanol–water partition coefficient (Wildman–Crippen LogP) is 3.01. The molecule has 234 valence electrons. The molecule has 0 amide bonds. The zero-order valence-corrected chi connectivity index (χ0v) is 25.6. The minimum atomic E-state index is -4.73. The normalized spacial score (nSPS) is 44.6. The van der Waals surface area contributed by atoms with Gasteiger partial charge in [-0.25, -0.2) is 8.37 Å². The van der Waals surface area contributed by atoms with Gasteiger partial charge in [0.25, 0.3) is 0 Å². The number of rotatable bonds is 10. The minimum Gasteiger partial charge on any atom is -0.390 e. The van der Waals surface area contributed by atoms with Crippen LogP contribution < -0.4 is 0 Å². The standard InChI is InChI=1S/C27H48O11S2/c1-15(2)6-5-7-16(14-37-39(31,32)33)18-10-11-19-17-8-9-20-23(28)21(38-40(34,35)36)12-13-26(20,3)22(17)24(29)25(30)27(18,19)4/h15-25,28-30H,5-14H2,1-4H3,(H,31,32,33)(H,34,35,36)/t16-,17?,18+,19-,20+,21+,22?,23-,24?,25+,26-,27+/m0/s1. The van der Waals surface area contributed by atoms with Crippen LogP contribution in [0.5, 0.6) is 0 Å². The summed E-state index contributed by atoms with van der Waals surface area (Å²) in [5.41, 5.74) is -1.27. The Bertz CT molecular complexity index is 1110. The summed E-state index contributed by atoms with van der Waals surface area (Å²) in [6.07, 6.45) is 1.56. The monoisotopic (exact) mass is 612 g/mol. The molecule has 4 aliphatic rings. The third kappa shape index (κ3) is 6.14. The van der Waals surface area contributed by atoms with Crippen molar-refractivity contribution < 1.29 is 49.6 Å². The second kappa shape index (κ2) is 11.6. The van der Waals surface area contributed by atoms with E-state index in [1.165, 1.54) is 0 Å². The minimum absolute atomic E-state index is 0.0553. The van der Waals surface area contributed by atoms with Crippen LogP contribution in [0.2, 0.25) is 0 Å². The van der Waals surface area contributed by atoms with Crippen molar-refractivity contribution in [3.8, 4) is 0 Å². The van der Waals surface area contributed by atoms with Crippen molar-refractivity contribution in [1.82, 2.24) is 0 Å². The summed E-state index contributed by atoms with van der Waals surface area (Å²) in [6.45, 7) is 8.06. The summed E-state index contributed by atoms with van der Waals surface area (Å²) in [5.74, 6) is -0.455. The first-order valence-corrected chi connectivity index (χ1v) is 17.4. The van der Waals surface area contributed by atoms with Crippen molar-refractivity contribution in [2.45, 2.75) is 110 Å². The largest absolute Gasteiger partial charge is 0.397 e. The molecule has 0 bridgehead atoms. The van der Waals surface area contributed by atoms with E-state index < -0.39 is 56.0 Å². The van der Waals surface area contributed by atoms with Crippen molar-refractivity contribution in [3.63, 3.8) is 0 Å². The van der Waals surface area contributed by atoms with Crippen LogP contribution in [0.15, 0.2) is 0 Å². The van der Waals surface area contributed by atoms with Crippen molar-refractivity contribution in [2.24, 2.45) is 52.3 Å². The maximum Gasteiger partial charge on any atom is 0.397 e. The molecule has 4 aliphatic carbocycles. The molecule has 0 heterocycles. The molecule has 0 saturated heterocycles. The van der Waals surface area contributed by atoms with E-state index in [2.05, 4.69) is 13.8 Å². The molecule has 4 fully saturated rings. The van der Waals surface area contributed by atoms with Gasteiger partial charge >= 0.3 is 20.8 Å². The zero-order valence-electron chi connectivity index (χ0n) is 23.9. The molecule has 4 saturated carbocycles. The SMILES string of the molecule is CC(C)CCC[C@@H](COS(=O)(=O)O)[C@H]1CC[C@H]2C3CC[C@@H]4[C@H](O)[C@H](OS(=O)(=O)O)CC[C@]4(C)C3C(O)[C@@H](O)[C@]12C. The maximum absolute atomic E-state index is 11.8. The Morgan fingerprint density at radius 2 is 1.50 bits per heavy atom. The van der Waals surface area contributed by atoms with Crippen molar-refractivity contribution in [3.05, 3.63) is 0 Å². The Morgan fingerprint density at radius 1 is 0.850 bits per heavy atom. The summed E-state index contributed by atoms with van der Waals surface area (Å²) in [6, 6.07) is 0. The molecule has 40 heavy (non-hydrogen) atoms. The van der Waals surface area contributed by atoms with Crippen LogP contribution in [-0.4, -0.2) is 72.3 Å². The lowest BCUT2D eigenvalue weighted by Gasteiger charge is -2.64. The molecule has 0 radical (unpaired) electrons. The van der Waals surface area contributed by atoms with Crippen LogP contribution in [0.4, 0.5) is 0 Å². The topological polar surface area (TPSA) is 188 Å². The molecule has 0 aromatic heterocycles. The zero-order chi connectivity index (χ0) is 29.8. The molecule has 11 nitrogen and oxygen atoms in total. The highest BCUT2D eigenvalue weighted by atomic mass is 32.3. The van der Waals surface area contributed by atoms with Gasteiger partial charge in [0.2, 0.25) is 0 Å². The highest BCUT2D eigenvalue weighted by Crippen LogP contribution is 2.68. The van der Waals surface area contributed by atoms with Crippen LogP contribution in [-0.2, 0) is 29.2 Å². The average molecular weight is 613 g/mol. The van der Waals surface area contributed by atoms with Gasteiger partial charge in [0.05, 0.1) is 24.9 Å². The van der Waals surface area contributed by atoms with Crippen LogP contribution in [0, 0.1) is 52.3 Å². The van der Waals surface area contributed by atoms with E-state index in [0.29, 0.717) is 31.6 Å². The third-order valence-electron chi connectivity index (χ3n) is 11.5. The van der Waals surface area contributed by atoms with E-state index in [0.717, 1.165) is 25.7 Å². The number of fused-ring (bicyclic) bond motifs is 5. The molecule has 3 unspecified atom stereocenters. The highest BCUT2D eigenvalue weighted by molar-refractivity contribution is 7.81. The fourth-order valence-corrected chi connectivity index (χ4v) is 10.7. The molecular weight excluding hydrogens is 564 g/mol. The number of hydrogen-bond donors (Lipinski definition) is 5. The first-order valence-electron chi connectivity index (χ1n) is 14.7. The van der Waals surface area contributed by atoms with Gasteiger partial charge < -0.3 is 15.3 Å². The Hall–Kier alpha value is -0.380. The summed E-state index contributed by atoms with van der Waals surface area (Å²) in [7, 11) is -9.35. The number of aliphatic hydroxyl groups excluding tert-OH is 3.